The van der Waals surface area contributed by atoms with E-state index in [1.54, 1.807) is 6.07 Å². The van der Waals surface area contributed by atoms with E-state index in [9.17, 15) is 4.39 Å². The highest BCUT2D eigenvalue weighted by atomic mass is 19.1. The van der Waals surface area contributed by atoms with Crippen molar-refractivity contribution in [3.05, 3.63) is 48.2 Å². The number of rotatable bonds is 3. The maximum absolute atomic E-state index is 12.9. The second-order valence-corrected chi connectivity index (χ2v) is 3.21. The van der Waals surface area contributed by atoms with Gasteiger partial charge in [-0.3, -0.25) is 5.41 Å². The normalized spacial score (nSPS) is 9.94. The highest BCUT2D eigenvalue weighted by Gasteiger charge is 2.02. The van der Waals surface area contributed by atoms with Gasteiger partial charge in [-0.15, -0.1) is 0 Å². The van der Waals surface area contributed by atoms with E-state index in [0.29, 0.717) is 5.75 Å². The summed E-state index contributed by atoms with van der Waals surface area (Å²) in [5.41, 5.74) is 5.49. The van der Waals surface area contributed by atoms with Crippen LogP contribution in [0.15, 0.2) is 36.7 Å². The zero-order chi connectivity index (χ0) is 12.3. The number of hydrogen-bond donors (Lipinski definition) is 2. The predicted molar refractivity (Wildman–Crippen MR) is 59.5 cm³/mol. The van der Waals surface area contributed by atoms with Crippen LogP contribution in [0, 0.1) is 11.2 Å². The molecule has 0 saturated heterocycles. The molecular formula is C11H9FN4O. The highest BCUT2D eigenvalue weighted by Crippen LogP contribution is 2.18. The van der Waals surface area contributed by atoms with Crippen LogP contribution in [0.3, 0.4) is 0 Å². The molecule has 0 fully saturated rings. The largest absolute Gasteiger partial charge is 0.437 e. The van der Waals surface area contributed by atoms with Crippen molar-refractivity contribution < 1.29 is 9.13 Å². The van der Waals surface area contributed by atoms with Crippen LogP contribution in [0.1, 0.15) is 5.69 Å². The third-order valence-corrected chi connectivity index (χ3v) is 1.92. The lowest BCUT2D eigenvalue weighted by atomic mass is 10.3. The minimum absolute atomic E-state index is 0.171. The van der Waals surface area contributed by atoms with Crippen molar-refractivity contribution in [2.75, 3.05) is 0 Å². The van der Waals surface area contributed by atoms with Gasteiger partial charge < -0.3 is 10.5 Å². The number of aromatic nitrogens is 2. The summed E-state index contributed by atoms with van der Waals surface area (Å²) in [6.45, 7) is 0. The number of nitrogen functional groups attached to an aromatic ring is 1. The van der Waals surface area contributed by atoms with Crippen LogP contribution in [-0.2, 0) is 0 Å². The van der Waals surface area contributed by atoms with Crippen LogP contribution >= 0.6 is 0 Å². The monoisotopic (exact) mass is 232 g/mol. The van der Waals surface area contributed by atoms with E-state index in [0.717, 1.165) is 0 Å². The maximum Gasteiger partial charge on any atom is 0.237 e. The minimum atomic E-state index is -0.393. The Morgan fingerprint density at radius 2 is 2.12 bits per heavy atom. The Morgan fingerprint density at radius 3 is 2.71 bits per heavy atom. The fraction of sp³-hybridized carbons (Fsp3) is 0. The van der Waals surface area contributed by atoms with Gasteiger partial charge in [-0.05, 0) is 12.1 Å². The molecular weight excluding hydrogens is 223 g/mol. The number of halogens is 1. The zero-order valence-corrected chi connectivity index (χ0v) is 8.72. The van der Waals surface area contributed by atoms with E-state index >= 15 is 0 Å². The van der Waals surface area contributed by atoms with Crippen LogP contribution in [0.2, 0.25) is 0 Å². The number of ether oxygens (including phenoxy) is 1. The molecule has 17 heavy (non-hydrogen) atoms. The Balaban J connectivity index is 2.16. The lowest BCUT2D eigenvalue weighted by Gasteiger charge is -2.04. The molecule has 0 unspecified atom stereocenters. The second kappa shape index (κ2) is 4.56. The molecule has 0 atom stereocenters. The quantitative estimate of drug-likeness (QED) is 0.623. The topological polar surface area (TPSA) is 84.9 Å². The molecule has 2 rings (SSSR count). The predicted octanol–water partition coefficient (Wildman–Crippen LogP) is 1.69. The first kappa shape index (κ1) is 11.0. The molecule has 3 N–H and O–H groups in total. The number of amidine groups is 1. The van der Waals surface area contributed by atoms with E-state index in [1.807, 2.05) is 0 Å². The molecule has 0 amide bonds. The van der Waals surface area contributed by atoms with E-state index < -0.39 is 5.82 Å². The van der Waals surface area contributed by atoms with Crippen molar-refractivity contribution in [2.24, 2.45) is 5.73 Å². The van der Waals surface area contributed by atoms with E-state index in [-0.39, 0.29) is 17.4 Å². The maximum atomic E-state index is 12.9. The van der Waals surface area contributed by atoms with Crippen LogP contribution in [-0.4, -0.2) is 15.8 Å². The van der Waals surface area contributed by atoms with Gasteiger partial charge in [0.25, 0.3) is 0 Å². The molecule has 5 nitrogen and oxygen atoms in total. The van der Waals surface area contributed by atoms with Gasteiger partial charge in [-0.1, -0.05) is 6.07 Å². The summed E-state index contributed by atoms with van der Waals surface area (Å²) < 4.78 is 18.1. The Labute approximate surface area is 96.6 Å². The summed E-state index contributed by atoms with van der Waals surface area (Å²) in [4.78, 5) is 7.76. The van der Waals surface area contributed by atoms with E-state index in [4.69, 9.17) is 15.9 Å². The van der Waals surface area contributed by atoms with Crippen LogP contribution in [0.25, 0.3) is 0 Å². The summed E-state index contributed by atoms with van der Waals surface area (Å²) >= 11 is 0. The number of benzene rings is 1. The molecule has 1 heterocycles. The van der Waals surface area contributed by atoms with Crippen molar-refractivity contribution in [3.63, 3.8) is 0 Å². The fourth-order valence-electron chi connectivity index (χ4n) is 1.16. The highest BCUT2D eigenvalue weighted by molar-refractivity contribution is 5.92. The Kier molecular flexibility index (Phi) is 2.95. The average Bonchev–Trinajstić information content (AvgIpc) is 2.29. The third-order valence-electron chi connectivity index (χ3n) is 1.92. The molecule has 0 spiro atoms. The summed E-state index contributed by atoms with van der Waals surface area (Å²) in [6, 6.07) is 5.68. The van der Waals surface area contributed by atoms with Crippen molar-refractivity contribution in [1.82, 2.24) is 9.97 Å². The van der Waals surface area contributed by atoms with Crippen LogP contribution in [0.5, 0.6) is 11.6 Å². The van der Waals surface area contributed by atoms with E-state index in [1.165, 1.54) is 30.6 Å². The molecule has 2 aromatic rings. The minimum Gasteiger partial charge on any atom is -0.437 e. The molecule has 1 aromatic carbocycles. The van der Waals surface area contributed by atoms with Gasteiger partial charge in [0.2, 0.25) is 5.88 Å². The molecule has 6 heteroatoms. The van der Waals surface area contributed by atoms with Gasteiger partial charge in [0.15, 0.2) is 0 Å². The zero-order valence-electron chi connectivity index (χ0n) is 8.72. The number of nitrogens with one attached hydrogen (secondary N) is 1. The van der Waals surface area contributed by atoms with Crippen molar-refractivity contribution >= 4 is 5.84 Å². The fourth-order valence-corrected chi connectivity index (χ4v) is 1.16. The summed E-state index contributed by atoms with van der Waals surface area (Å²) in [5, 5.41) is 7.14. The molecule has 86 valence electrons. The molecule has 1 aromatic heterocycles. The summed E-state index contributed by atoms with van der Waals surface area (Å²) in [5.74, 6) is -0.0268. The van der Waals surface area contributed by atoms with Crippen molar-refractivity contribution in [1.29, 1.82) is 5.41 Å². The molecule has 0 aliphatic heterocycles. The Hall–Kier alpha value is -2.50. The SMILES string of the molecule is N=C(N)c1cnc(Oc2cccc(F)c2)cn1. The van der Waals surface area contributed by atoms with Crippen molar-refractivity contribution in [3.8, 4) is 11.6 Å². The molecule has 0 aliphatic rings. The Morgan fingerprint density at radius 1 is 1.29 bits per heavy atom. The number of nitrogens with zero attached hydrogens (tertiary/aromatic N) is 2. The van der Waals surface area contributed by atoms with Crippen LogP contribution < -0.4 is 10.5 Å². The Bertz CT molecular complexity index is 541. The average molecular weight is 232 g/mol. The first-order valence-electron chi connectivity index (χ1n) is 4.75. The van der Waals surface area contributed by atoms with Crippen molar-refractivity contribution in [2.45, 2.75) is 0 Å². The molecule has 0 saturated carbocycles. The first-order valence-corrected chi connectivity index (χ1v) is 4.75. The smallest absolute Gasteiger partial charge is 0.237 e. The van der Waals surface area contributed by atoms with Gasteiger partial charge in [-0.2, -0.15) is 0 Å². The lowest BCUT2D eigenvalue weighted by molar-refractivity contribution is 0.455. The third kappa shape index (κ3) is 2.75. The van der Waals surface area contributed by atoms with Gasteiger partial charge in [0, 0.05) is 6.07 Å². The standard InChI is InChI=1S/C11H9FN4O/c12-7-2-1-3-8(4-7)17-10-6-15-9(5-16-10)11(13)14/h1-6H,(H3,13,14). The number of nitrogens with two attached hydrogens (primary N) is 1. The number of hydrogen-bond acceptors (Lipinski definition) is 4. The van der Waals surface area contributed by atoms with E-state index in [2.05, 4.69) is 9.97 Å². The van der Waals surface area contributed by atoms with Gasteiger partial charge in [-0.25, -0.2) is 14.4 Å². The molecule has 0 radical (unpaired) electrons. The van der Waals surface area contributed by atoms with Gasteiger partial charge in [0.1, 0.15) is 23.1 Å². The second-order valence-electron chi connectivity index (χ2n) is 3.21. The molecule has 0 bridgehead atoms. The lowest BCUT2D eigenvalue weighted by Crippen LogP contribution is -2.13. The van der Waals surface area contributed by atoms with Crippen LogP contribution in [0.4, 0.5) is 4.39 Å². The molecule has 0 aliphatic carbocycles. The summed E-state index contributed by atoms with van der Waals surface area (Å²) in [7, 11) is 0. The first-order chi connectivity index (χ1) is 8.15. The van der Waals surface area contributed by atoms with Gasteiger partial charge in [0.05, 0.1) is 12.4 Å². The summed E-state index contributed by atoms with van der Waals surface area (Å²) in [6.07, 6.45) is 2.64. The van der Waals surface area contributed by atoms with Gasteiger partial charge >= 0.3 is 0 Å².